The maximum atomic E-state index is 4.57. The van der Waals surface area contributed by atoms with E-state index in [-0.39, 0.29) is 0 Å². The van der Waals surface area contributed by atoms with Gasteiger partial charge in [0.25, 0.3) is 0 Å². The van der Waals surface area contributed by atoms with E-state index >= 15 is 0 Å². The van der Waals surface area contributed by atoms with E-state index in [2.05, 4.69) is 35.9 Å². The second kappa shape index (κ2) is 18.8. The maximum Gasteiger partial charge on any atom is 0.0521 e. The SMILES string of the molecule is CCCCCCCC/C=C\CCCCCCCCN=S. The van der Waals surface area contributed by atoms with Crippen LogP contribution in [0.3, 0.4) is 0 Å². The van der Waals surface area contributed by atoms with Crippen molar-refractivity contribution in [3.8, 4) is 0 Å². The van der Waals surface area contributed by atoms with Crippen molar-refractivity contribution in [3.05, 3.63) is 12.2 Å². The Kier molecular flexibility index (Phi) is 18.5. The van der Waals surface area contributed by atoms with Gasteiger partial charge in [-0.15, -0.1) is 0 Å². The Morgan fingerprint density at radius 3 is 1.60 bits per heavy atom. The quantitative estimate of drug-likeness (QED) is 0.226. The Morgan fingerprint density at radius 1 is 0.650 bits per heavy atom. The van der Waals surface area contributed by atoms with Crippen molar-refractivity contribution in [2.24, 2.45) is 4.36 Å². The monoisotopic (exact) mass is 297 g/mol. The van der Waals surface area contributed by atoms with E-state index in [0.29, 0.717) is 0 Å². The highest BCUT2D eigenvalue weighted by Gasteiger charge is 1.91. The molecule has 0 fully saturated rings. The first-order valence-electron chi connectivity index (χ1n) is 8.86. The fourth-order valence-corrected chi connectivity index (χ4v) is 2.55. The van der Waals surface area contributed by atoms with Gasteiger partial charge in [-0.25, -0.2) is 4.36 Å². The van der Waals surface area contributed by atoms with Gasteiger partial charge in [0.2, 0.25) is 0 Å². The first-order chi connectivity index (χ1) is 9.91. The van der Waals surface area contributed by atoms with Crippen molar-refractivity contribution >= 4 is 12.4 Å². The predicted octanol–water partition coefficient (Wildman–Crippen LogP) is 6.75. The van der Waals surface area contributed by atoms with Crippen LogP contribution in [-0.2, 0) is 12.4 Å². The van der Waals surface area contributed by atoms with Gasteiger partial charge in [-0.3, -0.25) is 0 Å². The standard InChI is InChI=1S/C18H35NS/c1-2-3-4-5-6-7-8-9-10-11-12-13-14-15-16-17-18-19-20/h9-10H,2-8,11-18H2,1H3/b10-9-. The van der Waals surface area contributed by atoms with Gasteiger partial charge in [0.05, 0.1) is 6.54 Å². The molecule has 20 heavy (non-hydrogen) atoms. The van der Waals surface area contributed by atoms with Gasteiger partial charge in [0.1, 0.15) is 0 Å². The minimum absolute atomic E-state index is 0.872. The van der Waals surface area contributed by atoms with Gasteiger partial charge in [-0.05, 0) is 32.1 Å². The average molecular weight is 298 g/mol. The van der Waals surface area contributed by atoms with Gasteiger partial charge in [0, 0.05) is 12.4 Å². The molecule has 0 bridgehead atoms. The fraction of sp³-hybridized carbons (Fsp3) is 0.889. The maximum absolute atomic E-state index is 4.57. The lowest BCUT2D eigenvalue weighted by Gasteiger charge is -1.99. The Balaban J connectivity index is 3.03. The fourth-order valence-electron chi connectivity index (χ4n) is 2.42. The average Bonchev–Trinajstić information content (AvgIpc) is 2.47. The Bertz CT molecular complexity index is 213. The number of hydrogen-bond acceptors (Lipinski definition) is 2. The van der Waals surface area contributed by atoms with Gasteiger partial charge in [-0.2, -0.15) is 0 Å². The molecule has 0 aromatic heterocycles. The van der Waals surface area contributed by atoms with E-state index in [4.69, 9.17) is 0 Å². The predicted molar refractivity (Wildman–Crippen MR) is 94.1 cm³/mol. The molecule has 0 radical (unpaired) electrons. The van der Waals surface area contributed by atoms with Crippen molar-refractivity contribution in [1.82, 2.24) is 0 Å². The molecule has 0 heterocycles. The molecule has 0 amide bonds. The molecule has 0 aliphatic rings. The van der Waals surface area contributed by atoms with Crippen LogP contribution >= 0.6 is 0 Å². The van der Waals surface area contributed by atoms with E-state index in [1.165, 1.54) is 89.9 Å². The zero-order valence-corrected chi connectivity index (χ0v) is 14.4. The van der Waals surface area contributed by atoms with Crippen LogP contribution in [0.4, 0.5) is 0 Å². The van der Waals surface area contributed by atoms with E-state index in [1.807, 2.05) is 0 Å². The summed E-state index contributed by atoms with van der Waals surface area (Å²) in [4.78, 5) is 0. The summed E-state index contributed by atoms with van der Waals surface area (Å²) in [7, 11) is 0. The molecular formula is C18H35NS. The third-order valence-electron chi connectivity index (χ3n) is 3.76. The lowest BCUT2D eigenvalue weighted by Crippen LogP contribution is -1.82. The summed E-state index contributed by atoms with van der Waals surface area (Å²) in [5.74, 6) is 0. The van der Waals surface area contributed by atoms with Crippen LogP contribution in [0.15, 0.2) is 16.5 Å². The van der Waals surface area contributed by atoms with Crippen LogP contribution in [0.25, 0.3) is 0 Å². The van der Waals surface area contributed by atoms with Crippen molar-refractivity contribution < 1.29 is 0 Å². The first kappa shape index (κ1) is 19.8. The van der Waals surface area contributed by atoms with Crippen LogP contribution in [0, 0.1) is 0 Å². The molecule has 0 spiro atoms. The van der Waals surface area contributed by atoms with E-state index in [0.717, 1.165) is 6.54 Å². The van der Waals surface area contributed by atoms with E-state index < -0.39 is 0 Å². The molecule has 118 valence electrons. The first-order valence-corrected chi connectivity index (χ1v) is 9.22. The van der Waals surface area contributed by atoms with Crippen LogP contribution in [0.1, 0.15) is 96.8 Å². The summed E-state index contributed by atoms with van der Waals surface area (Å²) >= 11 is 4.57. The molecule has 0 aliphatic carbocycles. The molecular weight excluding hydrogens is 262 g/mol. The van der Waals surface area contributed by atoms with Gasteiger partial charge >= 0.3 is 0 Å². The molecule has 1 nitrogen and oxygen atoms in total. The highest BCUT2D eigenvalue weighted by atomic mass is 32.1. The highest BCUT2D eigenvalue weighted by molar-refractivity contribution is 7.47. The molecule has 2 heteroatoms. The zero-order chi connectivity index (χ0) is 14.7. The van der Waals surface area contributed by atoms with Crippen LogP contribution < -0.4 is 0 Å². The molecule has 0 aliphatic heterocycles. The summed E-state index contributed by atoms with van der Waals surface area (Å²) in [6.07, 6.45) is 23.7. The van der Waals surface area contributed by atoms with Gasteiger partial charge < -0.3 is 0 Å². The molecule has 0 unspecified atom stereocenters. The van der Waals surface area contributed by atoms with Gasteiger partial charge in [0.15, 0.2) is 0 Å². The number of hydrogen-bond donors (Lipinski definition) is 0. The van der Waals surface area contributed by atoms with Crippen molar-refractivity contribution in [2.45, 2.75) is 96.8 Å². The Morgan fingerprint density at radius 2 is 1.10 bits per heavy atom. The molecule has 0 aromatic rings. The molecule has 0 rings (SSSR count). The zero-order valence-electron chi connectivity index (χ0n) is 13.6. The number of rotatable bonds is 16. The van der Waals surface area contributed by atoms with Crippen LogP contribution in [-0.4, -0.2) is 6.54 Å². The van der Waals surface area contributed by atoms with Crippen LogP contribution in [0.2, 0.25) is 0 Å². The second-order valence-electron chi connectivity index (χ2n) is 5.79. The van der Waals surface area contributed by atoms with Crippen molar-refractivity contribution in [1.29, 1.82) is 0 Å². The number of nitrogens with zero attached hydrogens (tertiary/aromatic N) is 1. The highest BCUT2D eigenvalue weighted by Crippen LogP contribution is 2.09. The van der Waals surface area contributed by atoms with Crippen molar-refractivity contribution in [2.75, 3.05) is 6.54 Å². The summed E-state index contributed by atoms with van der Waals surface area (Å²) < 4.78 is 3.71. The summed E-state index contributed by atoms with van der Waals surface area (Å²) in [6.45, 7) is 3.15. The molecule has 0 N–H and O–H groups in total. The largest absolute Gasteiger partial charge is 0.220 e. The number of allylic oxidation sites excluding steroid dienone is 2. The van der Waals surface area contributed by atoms with E-state index in [9.17, 15) is 0 Å². The summed E-state index contributed by atoms with van der Waals surface area (Å²) in [5, 5.41) is 0. The second-order valence-corrected chi connectivity index (χ2v) is 6.05. The lowest BCUT2D eigenvalue weighted by atomic mass is 10.1. The van der Waals surface area contributed by atoms with E-state index in [1.54, 1.807) is 0 Å². The summed E-state index contributed by atoms with van der Waals surface area (Å²) in [5.41, 5.74) is 0. The minimum Gasteiger partial charge on any atom is -0.220 e. The Labute approximate surface area is 132 Å². The minimum atomic E-state index is 0.872. The molecule has 0 aromatic carbocycles. The topological polar surface area (TPSA) is 12.4 Å². The lowest BCUT2D eigenvalue weighted by molar-refractivity contribution is 0.600. The number of unbranched alkanes of at least 4 members (excludes halogenated alkanes) is 12. The van der Waals surface area contributed by atoms with Crippen molar-refractivity contribution in [3.63, 3.8) is 0 Å². The third kappa shape index (κ3) is 17.8. The third-order valence-corrected chi connectivity index (χ3v) is 3.94. The van der Waals surface area contributed by atoms with Gasteiger partial charge in [-0.1, -0.05) is 76.9 Å². The van der Waals surface area contributed by atoms with Crippen LogP contribution in [0.5, 0.6) is 0 Å². The molecule has 0 atom stereocenters. The smallest absolute Gasteiger partial charge is 0.0521 e. The molecule has 0 saturated heterocycles. The molecule has 0 saturated carbocycles. The Hall–Kier alpha value is -0.240. The normalized spacial score (nSPS) is 11.2. The summed E-state index contributed by atoms with van der Waals surface area (Å²) in [6, 6.07) is 0.